The average molecular weight is 735 g/mol. The monoisotopic (exact) mass is 734 g/mol. The Kier molecular flexibility index (Phi) is 6.44. The van der Waals surface area contributed by atoms with E-state index >= 15 is 0 Å². The van der Waals surface area contributed by atoms with E-state index in [9.17, 15) is 0 Å². The number of rotatable bonds is 4. The fourth-order valence-electron chi connectivity index (χ4n) is 13.6. The Morgan fingerprint density at radius 3 is 1.74 bits per heavy atom. The van der Waals surface area contributed by atoms with Crippen molar-refractivity contribution in [2.75, 3.05) is 4.90 Å². The normalized spacial score (nSPS) is 24.2. The molecule has 2 heteroatoms. The van der Waals surface area contributed by atoms with E-state index in [-0.39, 0.29) is 10.8 Å². The molecule has 57 heavy (non-hydrogen) atoms. The Morgan fingerprint density at radius 1 is 0.474 bits per heavy atom. The van der Waals surface area contributed by atoms with Gasteiger partial charge < -0.3 is 9.47 Å². The van der Waals surface area contributed by atoms with Crippen LogP contribution < -0.4 is 4.90 Å². The number of fused-ring (bicyclic) bond motifs is 9. The summed E-state index contributed by atoms with van der Waals surface area (Å²) in [6, 6.07) is 60.3. The molecule has 2 nitrogen and oxygen atoms in total. The van der Waals surface area contributed by atoms with E-state index in [1.54, 1.807) is 11.1 Å². The molecule has 4 saturated carbocycles. The smallest absolute Gasteiger partial charge is 0.0543 e. The second-order valence-corrected chi connectivity index (χ2v) is 18.5. The maximum absolute atomic E-state index is 2.60. The molecule has 1 heterocycles. The van der Waals surface area contributed by atoms with Gasteiger partial charge in [0.15, 0.2) is 0 Å². The van der Waals surface area contributed by atoms with Gasteiger partial charge in [-0.1, -0.05) is 117 Å². The summed E-state index contributed by atoms with van der Waals surface area (Å²) in [5, 5.41) is 2.58. The predicted molar refractivity (Wildman–Crippen MR) is 236 cm³/mol. The number of hydrogen-bond acceptors (Lipinski definition) is 1. The van der Waals surface area contributed by atoms with Gasteiger partial charge >= 0.3 is 0 Å². The van der Waals surface area contributed by atoms with Crippen LogP contribution in [0.1, 0.15) is 68.2 Å². The minimum absolute atomic E-state index is 0.0936. The van der Waals surface area contributed by atoms with Crippen molar-refractivity contribution in [2.24, 2.45) is 23.7 Å². The molecule has 1 aromatic heterocycles. The molecule has 6 aliphatic rings. The standard InChI is InChI=1S/C55H46N2/c1-54(2)46-16-7-3-12-41(46)42-27-26-40(33-49(42)54)56(38-22-24-39(25-23-38)57-50-19-9-5-13-43(50)44-14-6-10-20-51(44)57)52-21-11-18-48-53(52)45-15-4-8-17-47(45)55(48)36-29-34-28-35(31-36)32-37(55)30-34/h3-27,33-37H,28-32H2,1-2H3. The van der Waals surface area contributed by atoms with E-state index in [1.165, 1.54) is 110 Å². The zero-order valence-corrected chi connectivity index (χ0v) is 32.8. The lowest BCUT2D eigenvalue weighted by Gasteiger charge is -2.61. The third-order valence-corrected chi connectivity index (χ3v) is 15.6. The zero-order chi connectivity index (χ0) is 37.6. The van der Waals surface area contributed by atoms with Crippen LogP contribution in [0.15, 0.2) is 158 Å². The number of benzene rings is 7. The minimum Gasteiger partial charge on any atom is -0.310 e. The van der Waals surface area contributed by atoms with Crippen LogP contribution in [0.25, 0.3) is 49.7 Å². The van der Waals surface area contributed by atoms with E-state index in [0.29, 0.717) is 0 Å². The van der Waals surface area contributed by atoms with Crippen LogP contribution in [0.2, 0.25) is 0 Å². The molecular weight excluding hydrogens is 689 g/mol. The molecule has 8 aromatic rings. The highest BCUT2D eigenvalue weighted by molar-refractivity contribution is 6.09. The molecule has 0 aliphatic heterocycles. The SMILES string of the molecule is CC1(C)c2ccccc2-c2ccc(N(c3ccc(-n4c5ccccc5c5ccccc54)cc3)c3cccc4c3-c3ccccc3C43C4CC5CC(C4)CC3C5)cc21. The van der Waals surface area contributed by atoms with Gasteiger partial charge in [-0.25, -0.2) is 0 Å². The number of nitrogens with zero attached hydrogens (tertiary/aromatic N) is 2. The van der Waals surface area contributed by atoms with Crippen molar-refractivity contribution >= 4 is 38.9 Å². The molecule has 0 N–H and O–H groups in total. The molecular formula is C55H46N2. The van der Waals surface area contributed by atoms with E-state index in [1.807, 2.05) is 0 Å². The van der Waals surface area contributed by atoms with Gasteiger partial charge in [0.25, 0.3) is 0 Å². The molecule has 7 aromatic carbocycles. The van der Waals surface area contributed by atoms with Gasteiger partial charge in [-0.15, -0.1) is 0 Å². The van der Waals surface area contributed by atoms with Crippen LogP contribution in [0.5, 0.6) is 0 Å². The molecule has 14 rings (SSSR count). The van der Waals surface area contributed by atoms with Crippen molar-refractivity contribution in [3.05, 3.63) is 180 Å². The van der Waals surface area contributed by atoms with E-state index in [4.69, 9.17) is 0 Å². The Morgan fingerprint density at radius 2 is 1.04 bits per heavy atom. The quantitative estimate of drug-likeness (QED) is 0.175. The lowest BCUT2D eigenvalue weighted by molar-refractivity contribution is -0.0399. The van der Waals surface area contributed by atoms with E-state index in [0.717, 1.165) is 23.7 Å². The Balaban J connectivity index is 1.03. The first-order chi connectivity index (χ1) is 28.0. The van der Waals surface area contributed by atoms with E-state index < -0.39 is 0 Å². The van der Waals surface area contributed by atoms with Gasteiger partial charge in [0, 0.05) is 44.2 Å². The average Bonchev–Trinajstić information content (AvgIpc) is 3.82. The lowest BCUT2D eigenvalue weighted by atomic mass is 9.43. The molecule has 276 valence electrons. The van der Waals surface area contributed by atoms with Gasteiger partial charge in [-0.2, -0.15) is 0 Å². The van der Waals surface area contributed by atoms with Crippen LogP contribution in [-0.2, 0) is 10.8 Å². The number of aromatic nitrogens is 1. The largest absolute Gasteiger partial charge is 0.310 e. The number of para-hydroxylation sites is 2. The maximum atomic E-state index is 2.60. The lowest BCUT2D eigenvalue weighted by Crippen LogP contribution is -2.55. The van der Waals surface area contributed by atoms with Gasteiger partial charge in [-0.3, -0.25) is 0 Å². The van der Waals surface area contributed by atoms with Gasteiger partial charge in [0.05, 0.1) is 16.7 Å². The maximum Gasteiger partial charge on any atom is 0.0543 e. The molecule has 0 amide bonds. The fraction of sp³-hybridized carbons (Fsp3) is 0.236. The third kappa shape index (κ3) is 4.16. The van der Waals surface area contributed by atoms with Crippen molar-refractivity contribution in [2.45, 2.75) is 56.8 Å². The summed E-state index contributed by atoms with van der Waals surface area (Å²) in [5.74, 6) is 3.29. The summed E-state index contributed by atoms with van der Waals surface area (Å²) >= 11 is 0. The predicted octanol–water partition coefficient (Wildman–Crippen LogP) is 14.3. The minimum atomic E-state index is -0.0936. The molecule has 0 unspecified atom stereocenters. The Labute approximate surface area is 335 Å². The highest BCUT2D eigenvalue weighted by atomic mass is 15.1. The van der Waals surface area contributed by atoms with Crippen molar-refractivity contribution in [3.8, 4) is 27.9 Å². The molecule has 0 atom stereocenters. The summed E-state index contributed by atoms with van der Waals surface area (Å²) in [4.78, 5) is 2.60. The Bertz CT molecular complexity index is 2880. The van der Waals surface area contributed by atoms with Crippen molar-refractivity contribution < 1.29 is 0 Å². The van der Waals surface area contributed by atoms with Crippen LogP contribution >= 0.6 is 0 Å². The molecule has 0 radical (unpaired) electrons. The topological polar surface area (TPSA) is 8.17 Å². The summed E-state index contributed by atoms with van der Waals surface area (Å²) in [7, 11) is 0. The Hall–Kier alpha value is -5.86. The molecule has 0 saturated heterocycles. The zero-order valence-electron chi connectivity index (χ0n) is 32.8. The van der Waals surface area contributed by atoms with Gasteiger partial charge in [-0.05, 0) is 149 Å². The number of hydrogen-bond donors (Lipinski definition) is 0. The van der Waals surface area contributed by atoms with Crippen molar-refractivity contribution in [1.29, 1.82) is 0 Å². The van der Waals surface area contributed by atoms with Crippen molar-refractivity contribution in [3.63, 3.8) is 0 Å². The molecule has 4 bridgehead atoms. The van der Waals surface area contributed by atoms with Crippen LogP contribution in [0.3, 0.4) is 0 Å². The van der Waals surface area contributed by atoms with Crippen LogP contribution in [0.4, 0.5) is 17.1 Å². The van der Waals surface area contributed by atoms with Crippen molar-refractivity contribution in [1.82, 2.24) is 4.57 Å². The van der Waals surface area contributed by atoms with Crippen LogP contribution in [0, 0.1) is 23.7 Å². The first kappa shape index (κ1) is 32.2. The molecule has 6 aliphatic carbocycles. The van der Waals surface area contributed by atoms with E-state index in [2.05, 4.69) is 181 Å². The molecule has 1 spiro atoms. The number of anilines is 3. The highest BCUT2D eigenvalue weighted by Gasteiger charge is 2.62. The first-order valence-corrected chi connectivity index (χ1v) is 21.4. The summed E-state index contributed by atoms with van der Waals surface area (Å²) in [5.41, 5.74) is 19.0. The highest BCUT2D eigenvalue weighted by Crippen LogP contribution is 2.70. The molecule has 4 fully saturated rings. The second kappa shape index (κ2) is 11.4. The van der Waals surface area contributed by atoms with Gasteiger partial charge in [0.1, 0.15) is 0 Å². The summed E-state index contributed by atoms with van der Waals surface area (Å²) in [6.45, 7) is 4.80. The summed E-state index contributed by atoms with van der Waals surface area (Å²) < 4.78 is 2.43. The second-order valence-electron chi connectivity index (χ2n) is 18.5. The summed E-state index contributed by atoms with van der Waals surface area (Å²) in [6.07, 6.45) is 7.02. The fourth-order valence-corrected chi connectivity index (χ4v) is 13.6. The third-order valence-electron chi connectivity index (χ3n) is 15.6. The van der Waals surface area contributed by atoms with Crippen LogP contribution in [-0.4, -0.2) is 4.57 Å². The first-order valence-electron chi connectivity index (χ1n) is 21.4. The van der Waals surface area contributed by atoms with Gasteiger partial charge in [0.2, 0.25) is 0 Å².